The van der Waals surface area contributed by atoms with E-state index in [1.807, 2.05) is 37.3 Å². The molecule has 1 aliphatic heterocycles. The molecule has 0 saturated carbocycles. The molecule has 0 bridgehead atoms. The van der Waals surface area contributed by atoms with Crippen molar-refractivity contribution in [1.29, 1.82) is 0 Å². The number of hydrogen-bond acceptors (Lipinski definition) is 5. The standard InChI is InChI=1S/C24H18N2O4/c1-14-9-10-18-17(12-14)22(27)20-21(15-6-5-7-16(13-15)29-2)26(24(28)23(20)30-18)19-8-3-4-11-25-19/h3-13,21H,1-2H3/t21-/m1/s1. The Morgan fingerprint density at radius 2 is 1.90 bits per heavy atom. The van der Waals surface area contributed by atoms with Crippen molar-refractivity contribution >= 4 is 22.7 Å². The molecule has 2 aromatic carbocycles. The first-order valence-electron chi connectivity index (χ1n) is 9.54. The number of benzene rings is 2. The summed E-state index contributed by atoms with van der Waals surface area (Å²) < 4.78 is 11.3. The van der Waals surface area contributed by atoms with Crippen LogP contribution in [-0.4, -0.2) is 18.0 Å². The second-order valence-corrected chi connectivity index (χ2v) is 7.22. The van der Waals surface area contributed by atoms with Crippen molar-refractivity contribution in [1.82, 2.24) is 4.98 Å². The van der Waals surface area contributed by atoms with E-state index in [9.17, 15) is 9.59 Å². The number of anilines is 1. The number of hydrogen-bond donors (Lipinski definition) is 0. The topological polar surface area (TPSA) is 72.6 Å². The van der Waals surface area contributed by atoms with Gasteiger partial charge in [-0.05, 0) is 48.9 Å². The van der Waals surface area contributed by atoms with Gasteiger partial charge in [-0.15, -0.1) is 0 Å². The third-order valence-electron chi connectivity index (χ3n) is 5.33. The summed E-state index contributed by atoms with van der Waals surface area (Å²) in [6, 6.07) is 17.4. The number of aryl methyl sites for hydroxylation is 1. The van der Waals surface area contributed by atoms with Gasteiger partial charge >= 0.3 is 0 Å². The largest absolute Gasteiger partial charge is 0.497 e. The maximum absolute atomic E-state index is 13.5. The van der Waals surface area contributed by atoms with Crippen molar-refractivity contribution in [2.24, 2.45) is 0 Å². The summed E-state index contributed by atoms with van der Waals surface area (Å²) in [6.07, 6.45) is 1.61. The van der Waals surface area contributed by atoms with Gasteiger partial charge in [0.2, 0.25) is 5.76 Å². The van der Waals surface area contributed by atoms with Gasteiger partial charge in [-0.2, -0.15) is 0 Å². The third-order valence-corrected chi connectivity index (χ3v) is 5.33. The van der Waals surface area contributed by atoms with Crippen LogP contribution in [0.25, 0.3) is 11.0 Å². The highest BCUT2D eigenvalue weighted by Gasteiger charge is 2.44. The fraction of sp³-hybridized carbons (Fsp3) is 0.125. The van der Waals surface area contributed by atoms with Gasteiger partial charge in [0.05, 0.1) is 24.1 Å². The lowest BCUT2D eigenvalue weighted by Crippen LogP contribution is -2.30. The number of nitrogens with zero attached hydrogens (tertiary/aromatic N) is 2. The second kappa shape index (κ2) is 6.84. The minimum atomic E-state index is -0.668. The molecule has 1 aliphatic rings. The molecule has 6 nitrogen and oxygen atoms in total. The predicted octanol–water partition coefficient (Wildman–Crippen LogP) is 4.25. The lowest BCUT2D eigenvalue weighted by molar-refractivity contribution is 0.0970. The average Bonchev–Trinajstić information content (AvgIpc) is 3.07. The minimum Gasteiger partial charge on any atom is -0.497 e. The van der Waals surface area contributed by atoms with Crippen LogP contribution < -0.4 is 15.1 Å². The predicted molar refractivity (Wildman–Crippen MR) is 113 cm³/mol. The number of rotatable bonds is 3. The van der Waals surface area contributed by atoms with Crippen molar-refractivity contribution in [2.75, 3.05) is 12.0 Å². The zero-order valence-electron chi connectivity index (χ0n) is 16.5. The molecule has 30 heavy (non-hydrogen) atoms. The Morgan fingerprint density at radius 1 is 1.03 bits per heavy atom. The molecule has 0 unspecified atom stereocenters. The van der Waals surface area contributed by atoms with Crippen LogP contribution >= 0.6 is 0 Å². The number of methoxy groups -OCH3 is 1. The molecule has 3 heterocycles. The Labute approximate surface area is 172 Å². The molecule has 6 heteroatoms. The molecule has 5 rings (SSSR count). The maximum Gasteiger partial charge on any atom is 0.296 e. The molecule has 1 amide bonds. The van der Waals surface area contributed by atoms with Gasteiger partial charge in [0.1, 0.15) is 17.2 Å². The van der Waals surface area contributed by atoms with E-state index in [1.54, 1.807) is 43.6 Å². The zero-order chi connectivity index (χ0) is 20.8. The van der Waals surface area contributed by atoms with Gasteiger partial charge in [0.25, 0.3) is 5.91 Å². The number of ether oxygens (including phenoxy) is 1. The Balaban J connectivity index is 1.83. The summed E-state index contributed by atoms with van der Waals surface area (Å²) in [7, 11) is 1.58. The molecule has 0 spiro atoms. The number of fused-ring (bicyclic) bond motifs is 2. The Bertz CT molecular complexity index is 1340. The van der Waals surface area contributed by atoms with Crippen LogP contribution in [0.2, 0.25) is 0 Å². The first-order chi connectivity index (χ1) is 14.6. The molecule has 0 saturated heterocycles. The van der Waals surface area contributed by atoms with E-state index in [-0.39, 0.29) is 11.2 Å². The van der Waals surface area contributed by atoms with Crippen molar-refractivity contribution in [2.45, 2.75) is 13.0 Å². The highest BCUT2D eigenvalue weighted by Crippen LogP contribution is 2.41. The van der Waals surface area contributed by atoms with Gasteiger partial charge in [0, 0.05) is 6.20 Å². The first-order valence-corrected chi connectivity index (χ1v) is 9.54. The Morgan fingerprint density at radius 3 is 2.67 bits per heavy atom. The van der Waals surface area contributed by atoms with Crippen LogP contribution in [0, 0.1) is 6.92 Å². The number of pyridine rings is 1. The number of carbonyl (C=O) groups excluding carboxylic acids is 1. The summed E-state index contributed by atoms with van der Waals surface area (Å²) in [5.74, 6) is 0.739. The Kier molecular flexibility index (Phi) is 4.13. The lowest BCUT2D eigenvalue weighted by atomic mass is 9.98. The summed E-state index contributed by atoms with van der Waals surface area (Å²) in [5.41, 5.74) is 2.18. The first kappa shape index (κ1) is 18.1. The monoisotopic (exact) mass is 398 g/mol. The van der Waals surface area contributed by atoms with Crippen LogP contribution in [0.1, 0.15) is 33.3 Å². The van der Waals surface area contributed by atoms with Crippen molar-refractivity contribution in [3.63, 3.8) is 0 Å². The highest BCUT2D eigenvalue weighted by atomic mass is 16.5. The fourth-order valence-corrected chi connectivity index (χ4v) is 3.95. The van der Waals surface area contributed by atoms with E-state index >= 15 is 0 Å². The smallest absolute Gasteiger partial charge is 0.296 e. The number of aromatic nitrogens is 1. The van der Waals surface area contributed by atoms with Gasteiger partial charge in [-0.25, -0.2) is 4.98 Å². The summed E-state index contributed by atoms with van der Waals surface area (Å²) >= 11 is 0. The average molecular weight is 398 g/mol. The molecule has 0 N–H and O–H groups in total. The Hall–Kier alpha value is -3.93. The van der Waals surface area contributed by atoms with Crippen LogP contribution in [0.3, 0.4) is 0 Å². The molecule has 0 fully saturated rings. The summed E-state index contributed by atoms with van der Waals surface area (Å²) in [5, 5.41) is 0.456. The van der Waals surface area contributed by atoms with Crippen LogP contribution in [-0.2, 0) is 0 Å². The SMILES string of the molecule is COc1cccc([C@@H]2c3c(oc4ccc(C)cc4c3=O)C(=O)N2c2ccccn2)c1. The van der Waals surface area contributed by atoms with E-state index in [4.69, 9.17) is 9.15 Å². The molecular formula is C24H18N2O4. The quantitative estimate of drug-likeness (QED) is 0.516. The van der Waals surface area contributed by atoms with E-state index in [1.165, 1.54) is 4.90 Å². The van der Waals surface area contributed by atoms with E-state index in [0.717, 1.165) is 11.1 Å². The highest BCUT2D eigenvalue weighted by molar-refractivity contribution is 6.10. The summed E-state index contributed by atoms with van der Waals surface area (Å²) in [6.45, 7) is 1.91. The van der Waals surface area contributed by atoms with E-state index in [0.29, 0.717) is 28.1 Å². The molecule has 0 aliphatic carbocycles. The lowest BCUT2D eigenvalue weighted by Gasteiger charge is -2.24. The molecule has 0 radical (unpaired) electrons. The van der Waals surface area contributed by atoms with Crippen LogP contribution in [0.4, 0.5) is 5.82 Å². The van der Waals surface area contributed by atoms with E-state index < -0.39 is 11.9 Å². The minimum absolute atomic E-state index is 0.0508. The van der Waals surface area contributed by atoms with Crippen molar-refractivity contribution in [3.8, 4) is 5.75 Å². The van der Waals surface area contributed by atoms with Crippen LogP contribution in [0.5, 0.6) is 5.75 Å². The molecule has 148 valence electrons. The third kappa shape index (κ3) is 2.69. The number of carbonyl (C=O) groups is 1. The normalized spacial score (nSPS) is 15.5. The van der Waals surface area contributed by atoms with Crippen molar-refractivity contribution in [3.05, 3.63) is 99.5 Å². The molecule has 4 aromatic rings. The zero-order valence-corrected chi connectivity index (χ0v) is 16.5. The van der Waals surface area contributed by atoms with Gasteiger partial charge in [-0.1, -0.05) is 29.8 Å². The van der Waals surface area contributed by atoms with Gasteiger partial charge < -0.3 is 9.15 Å². The van der Waals surface area contributed by atoms with Crippen LogP contribution in [0.15, 0.2) is 76.1 Å². The fourth-order valence-electron chi connectivity index (χ4n) is 3.95. The van der Waals surface area contributed by atoms with Gasteiger partial charge in [-0.3, -0.25) is 14.5 Å². The molecule has 1 atom stereocenters. The number of amides is 1. The van der Waals surface area contributed by atoms with Gasteiger partial charge in [0.15, 0.2) is 5.43 Å². The second-order valence-electron chi connectivity index (χ2n) is 7.22. The summed E-state index contributed by atoms with van der Waals surface area (Å²) in [4.78, 5) is 32.8. The van der Waals surface area contributed by atoms with Crippen molar-refractivity contribution < 1.29 is 13.9 Å². The van der Waals surface area contributed by atoms with E-state index in [2.05, 4.69) is 4.98 Å². The maximum atomic E-state index is 13.5. The molecule has 2 aromatic heterocycles. The molecular weight excluding hydrogens is 380 g/mol.